The fourth-order valence-corrected chi connectivity index (χ4v) is 4.92. The lowest BCUT2D eigenvalue weighted by Crippen LogP contribution is -2.58. The molecule has 7 heteroatoms. The molecule has 1 unspecified atom stereocenters. The SMILES string of the molecule is CC(=O)N(CC(C1CCCCC1)N1CCN(C(=O)OC(C)(C)C)CC1)C(=O)c1ccccc1. The van der Waals surface area contributed by atoms with Crippen LogP contribution in [0.25, 0.3) is 0 Å². The molecule has 1 aliphatic carbocycles. The van der Waals surface area contributed by atoms with Gasteiger partial charge in [-0.2, -0.15) is 0 Å². The lowest BCUT2D eigenvalue weighted by Gasteiger charge is -2.44. The smallest absolute Gasteiger partial charge is 0.410 e. The molecule has 0 bridgehead atoms. The maximum absolute atomic E-state index is 13.2. The second kappa shape index (κ2) is 11.1. The summed E-state index contributed by atoms with van der Waals surface area (Å²) in [5.41, 5.74) is 0.0170. The Balaban J connectivity index is 1.73. The number of hydrogen-bond donors (Lipinski definition) is 0. The molecule has 3 amide bonds. The number of imide groups is 1. The minimum atomic E-state index is -0.515. The zero-order chi connectivity index (χ0) is 24.0. The average Bonchev–Trinajstić information content (AvgIpc) is 2.79. The molecule has 1 heterocycles. The lowest BCUT2D eigenvalue weighted by molar-refractivity contribution is -0.127. The molecule has 2 aliphatic rings. The third kappa shape index (κ3) is 7.03. The summed E-state index contributed by atoms with van der Waals surface area (Å²) >= 11 is 0. The van der Waals surface area contributed by atoms with Gasteiger partial charge < -0.3 is 9.64 Å². The quantitative estimate of drug-likeness (QED) is 0.664. The van der Waals surface area contributed by atoms with E-state index < -0.39 is 5.60 Å². The van der Waals surface area contributed by atoms with Gasteiger partial charge in [-0.1, -0.05) is 37.5 Å². The van der Waals surface area contributed by atoms with Crippen molar-refractivity contribution >= 4 is 17.9 Å². The first-order chi connectivity index (χ1) is 15.7. The predicted molar refractivity (Wildman–Crippen MR) is 128 cm³/mol. The van der Waals surface area contributed by atoms with Crippen molar-refractivity contribution in [2.24, 2.45) is 5.92 Å². The molecule has 1 saturated carbocycles. The number of nitrogens with zero attached hydrogens (tertiary/aromatic N) is 3. The minimum absolute atomic E-state index is 0.0997. The van der Waals surface area contributed by atoms with Crippen molar-refractivity contribution in [3.63, 3.8) is 0 Å². The van der Waals surface area contributed by atoms with Crippen LogP contribution < -0.4 is 0 Å². The number of rotatable bonds is 5. The largest absolute Gasteiger partial charge is 0.444 e. The first-order valence-electron chi connectivity index (χ1n) is 12.2. The molecule has 0 spiro atoms. The van der Waals surface area contributed by atoms with Crippen molar-refractivity contribution in [1.82, 2.24) is 14.7 Å². The average molecular weight is 458 g/mol. The van der Waals surface area contributed by atoms with Crippen LogP contribution >= 0.6 is 0 Å². The highest BCUT2D eigenvalue weighted by atomic mass is 16.6. The Morgan fingerprint density at radius 1 is 1.00 bits per heavy atom. The second-order valence-corrected chi connectivity index (χ2v) is 10.3. The van der Waals surface area contributed by atoms with Crippen molar-refractivity contribution in [1.29, 1.82) is 0 Å². The first-order valence-corrected chi connectivity index (χ1v) is 12.2. The summed E-state index contributed by atoms with van der Waals surface area (Å²) in [5, 5.41) is 0. The van der Waals surface area contributed by atoms with E-state index in [1.54, 1.807) is 17.0 Å². The van der Waals surface area contributed by atoms with Crippen molar-refractivity contribution in [2.75, 3.05) is 32.7 Å². The third-order valence-electron chi connectivity index (χ3n) is 6.64. The lowest BCUT2D eigenvalue weighted by atomic mass is 9.82. The van der Waals surface area contributed by atoms with Gasteiger partial charge in [0.05, 0.1) is 0 Å². The van der Waals surface area contributed by atoms with Crippen molar-refractivity contribution in [3.05, 3.63) is 35.9 Å². The minimum Gasteiger partial charge on any atom is -0.444 e. The first kappa shape index (κ1) is 25.2. The van der Waals surface area contributed by atoms with Gasteiger partial charge in [0.25, 0.3) is 5.91 Å². The molecular weight excluding hydrogens is 418 g/mol. The number of amides is 3. The van der Waals surface area contributed by atoms with E-state index in [-0.39, 0.29) is 23.9 Å². The van der Waals surface area contributed by atoms with Crippen LogP contribution in [0.4, 0.5) is 4.79 Å². The molecular formula is C26H39N3O4. The number of benzene rings is 1. The highest BCUT2D eigenvalue weighted by Gasteiger charge is 2.36. The Hall–Kier alpha value is -2.41. The Bertz CT molecular complexity index is 807. The number of carbonyl (C=O) groups excluding carboxylic acids is 3. The summed E-state index contributed by atoms with van der Waals surface area (Å²) in [6.45, 7) is 10.1. The molecule has 7 nitrogen and oxygen atoms in total. The van der Waals surface area contributed by atoms with Crippen LogP contribution in [0.2, 0.25) is 0 Å². The van der Waals surface area contributed by atoms with E-state index in [0.717, 1.165) is 12.8 Å². The van der Waals surface area contributed by atoms with Gasteiger partial charge in [0, 0.05) is 51.3 Å². The molecule has 1 atom stereocenters. The van der Waals surface area contributed by atoms with Gasteiger partial charge in [-0.25, -0.2) is 4.79 Å². The van der Waals surface area contributed by atoms with E-state index in [0.29, 0.717) is 44.2 Å². The summed E-state index contributed by atoms with van der Waals surface area (Å²) in [6.07, 6.45) is 5.57. The van der Waals surface area contributed by atoms with Crippen LogP contribution in [-0.2, 0) is 9.53 Å². The highest BCUT2D eigenvalue weighted by Crippen LogP contribution is 2.30. The van der Waals surface area contributed by atoms with Crippen molar-refractivity contribution in [2.45, 2.75) is 71.4 Å². The van der Waals surface area contributed by atoms with Crippen LogP contribution in [0.3, 0.4) is 0 Å². The predicted octanol–water partition coefficient (Wildman–Crippen LogP) is 4.18. The van der Waals surface area contributed by atoms with Gasteiger partial charge in [-0.15, -0.1) is 0 Å². The van der Waals surface area contributed by atoms with Crippen LogP contribution in [0.1, 0.15) is 70.2 Å². The van der Waals surface area contributed by atoms with E-state index >= 15 is 0 Å². The third-order valence-corrected chi connectivity index (χ3v) is 6.64. The molecule has 33 heavy (non-hydrogen) atoms. The van der Waals surface area contributed by atoms with Crippen LogP contribution in [0.5, 0.6) is 0 Å². The fourth-order valence-electron chi connectivity index (χ4n) is 4.92. The summed E-state index contributed by atoms with van der Waals surface area (Å²) in [7, 11) is 0. The molecule has 0 N–H and O–H groups in total. The van der Waals surface area contributed by atoms with E-state index in [1.165, 1.54) is 31.1 Å². The highest BCUT2D eigenvalue weighted by molar-refractivity contribution is 6.04. The molecule has 0 aromatic heterocycles. The summed E-state index contributed by atoms with van der Waals surface area (Å²) in [5.74, 6) is -0.0226. The molecule has 2 fully saturated rings. The monoisotopic (exact) mass is 457 g/mol. The molecule has 0 radical (unpaired) electrons. The van der Waals surface area contributed by atoms with Crippen LogP contribution in [-0.4, -0.2) is 77.0 Å². The van der Waals surface area contributed by atoms with E-state index in [9.17, 15) is 14.4 Å². The molecule has 1 aromatic carbocycles. The normalized spacial score (nSPS) is 19.1. The Morgan fingerprint density at radius 3 is 2.15 bits per heavy atom. The summed E-state index contributed by atoms with van der Waals surface area (Å²) in [4.78, 5) is 43.8. The van der Waals surface area contributed by atoms with Crippen LogP contribution in [0, 0.1) is 5.92 Å². The van der Waals surface area contributed by atoms with Gasteiger partial charge in [0.1, 0.15) is 5.60 Å². The van der Waals surface area contributed by atoms with Gasteiger partial charge >= 0.3 is 6.09 Å². The van der Waals surface area contributed by atoms with E-state index in [4.69, 9.17) is 4.74 Å². The Morgan fingerprint density at radius 2 is 1.61 bits per heavy atom. The molecule has 1 aliphatic heterocycles. The maximum atomic E-state index is 13.2. The zero-order valence-electron chi connectivity index (χ0n) is 20.6. The zero-order valence-corrected chi connectivity index (χ0v) is 20.6. The number of carbonyl (C=O) groups is 3. The molecule has 1 aromatic rings. The van der Waals surface area contributed by atoms with Crippen molar-refractivity contribution < 1.29 is 19.1 Å². The summed E-state index contributed by atoms with van der Waals surface area (Å²) in [6, 6.07) is 9.12. The van der Waals surface area contributed by atoms with Gasteiger partial charge in [-0.3, -0.25) is 19.4 Å². The molecule has 3 rings (SSSR count). The maximum Gasteiger partial charge on any atom is 0.410 e. The van der Waals surface area contributed by atoms with E-state index in [2.05, 4.69) is 4.90 Å². The van der Waals surface area contributed by atoms with Gasteiger partial charge in [-0.05, 0) is 51.7 Å². The van der Waals surface area contributed by atoms with Gasteiger partial charge in [0.2, 0.25) is 5.91 Å². The van der Waals surface area contributed by atoms with Gasteiger partial charge in [0.15, 0.2) is 0 Å². The molecule has 182 valence electrons. The number of ether oxygens (including phenoxy) is 1. The Labute approximate surface area is 198 Å². The topological polar surface area (TPSA) is 70.2 Å². The number of hydrogen-bond acceptors (Lipinski definition) is 5. The fraction of sp³-hybridized carbons (Fsp3) is 0.654. The molecule has 1 saturated heterocycles. The second-order valence-electron chi connectivity index (χ2n) is 10.3. The van der Waals surface area contributed by atoms with Crippen molar-refractivity contribution in [3.8, 4) is 0 Å². The Kier molecular flexibility index (Phi) is 8.51. The standard InChI is InChI=1S/C26H39N3O4/c1-20(30)29(24(31)22-13-9-6-10-14-22)19-23(21-11-7-5-8-12-21)27-15-17-28(18-16-27)25(32)33-26(2,3)4/h6,9-10,13-14,21,23H,5,7-8,11-12,15-19H2,1-4H3. The van der Waals surface area contributed by atoms with Crippen LogP contribution in [0.15, 0.2) is 30.3 Å². The number of piperazine rings is 1. The van der Waals surface area contributed by atoms with E-state index in [1.807, 2.05) is 39.0 Å². The summed E-state index contributed by atoms with van der Waals surface area (Å²) < 4.78 is 5.54.